The predicted molar refractivity (Wildman–Crippen MR) is 84.8 cm³/mol. The number of nitrogens with one attached hydrogen (secondary N) is 1. The Morgan fingerprint density at radius 2 is 2.17 bits per heavy atom. The van der Waals surface area contributed by atoms with Gasteiger partial charge < -0.3 is 11.1 Å². The summed E-state index contributed by atoms with van der Waals surface area (Å²) in [6, 6.07) is 6.16. The van der Waals surface area contributed by atoms with Crippen LogP contribution in [0.25, 0.3) is 16.7 Å². The van der Waals surface area contributed by atoms with E-state index in [9.17, 15) is 9.18 Å². The van der Waals surface area contributed by atoms with E-state index in [0.717, 1.165) is 6.20 Å². The number of benzene rings is 1. The summed E-state index contributed by atoms with van der Waals surface area (Å²) >= 11 is 0. The molecule has 0 fully saturated rings. The van der Waals surface area contributed by atoms with Crippen LogP contribution in [0.15, 0.2) is 36.7 Å². The molecule has 118 valence electrons. The second-order valence-electron chi connectivity index (χ2n) is 5.21. The Bertz CT molecular complexity index is 887. The van der Waals surface area contributed by atoms with Crippen LogP contribution in [0.2, 0.25) is 0 Å². The highest BCUT2D eigenvalue weighted by atomic mass is 19.1. The SMILES string of the molecule is CNC(=O)c1cccc2nc([C@H](C)N)n(-c3cncc(F)c3)c12. The van der Waals surface area contributed by atoms with E-state index in [0.29, 0.717) is 28.1 Å². The molecule has 3 N–H and O–H groups in total. The number of hydrogen-bond donors (Lipinski definition) is 2. The zero-order chi connectivity index (χ0) is 16.6. The first-order valence-electron chi connectivity index (χ1n) is 7.13. The van der Waals surface area contributed by atoms with Crippen molar-refractivity contribution in [3.63, 3.8) is 0 Å². The lowest BCUT2D eigenvalue weighted by atomic mass is 10.1. The molecule has 3 rings (SSSR count). The van der Waals surface area contributed by atoms with Crippen molar-refractivity contribution in [1.29, 1.82) is 0 Å². The maximum Gasteiger partial charge on any atom is 0.253 e. The molecule has 0 aliphatic rings. The monoisotopic (exact) mass is 313 g/mol. The van der Waals surface area contributed by atoms with E-state index in [1.54, 1.807) is 36.7 Å². The average molecular weight is 313 g/mol. The molecule has 3 aromatic rings. The van der Waals surface area contributed by atoms with Crippen molar-refractivity contribution < 1.29 is 9.18 Å². The average Bonchev–Trinajstić information content (AvgIpc) is 2.93. The molecule has 0 saturated carbocycles. The minimum Gasteiger partial charge on any atom is -0.355 e. The number of fused-ring (bicyclic) bond motifs is 1. The summed E-state index contributed by atoms with van der Waals surface area (Å²) in [4.78, 5) is 20.6. The lowest BCUT2D eigenvalue weighted by Crippen LogP contribution is -2.19. The van der Waals surface area contributed by atoms with Gasteiger partial charge in [0.05, 0.1) is 40.7 Å². The molecule has 0 aliphatic carbocycles. The fourth-order valence-corrected chi connectivity index (χ4v) is 2.55. The molecule has 1 amide bonds. The molecule has 6 nitrogen and oxygen atoms in total. The van der Waals surface area contributed by atoms with Crippen LogP contribution in [-0.2, 0) is 0 Å². The number of halogens is 1. The summed E-state index contributed by atoms with van der Waals surface area (Å²) in [5.41, 5.74) is 8.11. The number of carbonyl (C=O) groups is 1. The van der Waals surface area contributed by atoms with Gasteiger partial charge in [0.1, 0.15) is 11.6 Å². The van der Waals surface area contributed by atoms with Crippen molar-refractivity contribution in [2.45, 2.75) is 13.0 Å². The molecular weight excluding hydrogens is 297 g/mol. The molecule has 0 spiro atoms. The topological polar surface area (TPSA) is 85.8 Å². The molecule has 1 aromatic carbocycles. The van der Waals surface area contributed by atoms with Crippen LogP contribution in [0, 0.1) is 5.82 Å². The van der Waals surface area contributed by atoms with Crippen LogP contribution in [0.1, 0.15) is 29.1 Å². The van der Waals surface area contributed by atoms with Gasteiger partial charge in [-0.25, -0.2) is 9.37 Å². The van der Waals surface area contributed by atoms with Crippen LogP contribution in [0.5, 0.6) is 0 Å². The summed E-state index contributed by atoms with van der Waals surface area (Å²) in [5.74, 6) is -0.196. The fraction of sp³-hybridized carbons (Fsp3) is 0.188. The summed E-state index contributed by atoms with van der Waals surface area (Å²) in [5, 5.41) is 2.60. The fourth-order valence-electron chi connectivity index (χ4n) is 2.55. The molecule has 0 radical (unpaired) electrons. The Balaban J connectivity index is 2.41. The number of para-hydroxylation sites is 1. The summed E-state index contributed by atoms with van der Waals surface area (Å²) < 4.78 is 15.3. The highest BCUT2D eigenvalue weighted by molar-refractivity contribution is 6.05. The first-order chi connectivity index (χ1) is 11.0. The van der Waals surface area contributed by atoms with Gasteiger partial charge in [-0.15, -0.1) is 0 Å². The van der Waals surface area contributed by atoms with Crippen molar-refractivity contribution in [2.75, 3.05) is 7.05 Å². The molecule has 23 heavy (non-hydrogen) atoms. The second kappa shape index (κ2) is 5.77. The predicted octanol–water partition coefficient (Wildman–Crippen LogP) is 1.94. The number of nitrogens with zero attached hydrogens (tertiary/aromatic N) is 3. The van der Waals surface area contributed by atoms with E-state index in [1.807, 2.05) is 0 Å². The van der Waals surface area contributed by atoms with Crippen molar-refractivity contribution in [2.24, 2.45) is 5.73 Å². The molecule has 0 bridgehead atoms. The number of carbonyl (C=O) groups excluding carboxylic acids is 1. The van der Waals surface area contributed by atoms with Gasteiger partial charge in [0.25, 0.3) is 5.91 Å². The molecule has 1 atom stereocenters. The van der Waals surface area contributed by atoms with Crippen LogP contribution >= 0.6 is 0 Å². The number of aromatic nitrogens is 3. The molecule has 0 aliphatic heterocycles. The normalized spacial score (nSPS) is 12.3. The van der Waals surface area contributed by atoms with E-state index in [1.165, 1.54) is 12.3 Å². The van der Waals surface area contributed by atoms with Gasteiger partial charge in [-0.3, -0.25) is 14.3 Å². The van der Waals surface area contributed by atoms with Crippen LogP contribution < -0.4 is 11.1 Å². The zero-order valence-corrected chi connectivity index (χ0v) is 12.7. The van der Waals surface area contributed by atoms with Gasteiger partial charge in [0.2, 0.25) is 0 Å². The summed E-state index contributed by atoms with van der Waals surface area (Å²) in [7, 11) is 1.55. The second-order valence-corrected chi connectivity index (χ2v) is 5.21. The third-order valence-electron chi connectivity index (χ3n) is 3.53. The molecule has 7 heteroatoms. The Morgan fingerprint density at radius 3 is 2.83 bits per heavy atom. The van der Waals surface area contributed by atoms with Crippen LogP contribution in [-0.4, -0.2) is 27.5 Å². The van der Waals surface area contributed by atoms with Crippen molar-refractivity contribution in [3.05, 3.63) is 53.9 Å². The zero-order valence-electron chi connectivity index (χ0n) is 12.7. The lowest BCUT2D eigenvalue weighted by molar-refractivity contribution is 0.0964. The molecular formula is C16H16FN5O. The van der Waals surface area contributed by atoms with Gasteiger partial charge in [-0.05, 0) is 19.1 Å². The first-order valence-corrected chi connectivity index (χ1v) is 7.13. The van der Waals surface area contributed by atoms with Gasteiger partial charge in [-0.2, -0.15) is 0 Å². The minimum absolute atomic E-state index is 0.252. The highest BCUT2D eigenvalue weighted by Gasteiger charge is 2.20. The summed E-state index contributed by atoms with van der Waals surface area (Å²) in [6.07, 6.45) is 2.63. The number of rotatable bonds is 3. The molecule has 2 heterocycles. The lowest BCUT2D eigenvalue weighted by Gasteiger charge is -2.13. The largest absolute Gasteiger partial charge is 0.355 e. The quantitative estimate of drug-likeness (QED) is 0.774. The van der Waals surface area contributed by atoms with E-state index in [-0.39, 0.29) is 5.91 Å². The number of nitrogens with two attached hydrogens (primary N) is 1. The van der Waals surface area contributed by atoms with Gasteiger partial charge in [0, 0.05) is 13.1 Å². The van der Waals surface area contributed by atoms with Crippen LogP contribution in [0.3, 0.4) is 0 Å². The highest BCUT2D eigenvalue weighted by Crippen LogP contribution is 2.27. The summed E-state index contributed by atoms with van der Waals surface area (Å²) in [6.45, 7) is 1.78. The van der Waals surface area contributed by atoms with Gasteiger partial charge in [-0.1, -0.05) is 6.07 Å². The van der Waals surface area contributed by atoms with E-state index >= 15 is 0 Å². The van der Waals surface area contributed by atoms with E-state index in [4.69, 9.17) is 5.73 Å². The van der Waals surface area contributed by atoms with E-state index < -0.39 is 11.9 Å². The third kappa shape index (κ3) is 2.55. The van der Waals surface area contributed by atoms with Crippen molar-refractivity contribution in [1.82, 2.24) is 19.9 Å². The maximum atomic E-state index is 13.6. The minimum atomic E-state index is -0.475. The Labute approximate surface area is 132 Å². The molecule has 2 aromatic heterocycles. The Kier molecular flexibility index (Phi) is 3.79. The number of amides is 1. The first kappa shape index (κ1) is 15.1. The third-order valence-corrected chi connectivity index (χ3v) is 3.53. The van der Waals surface area contributed by atoms with Crippen LogP contribution in [0.4, 0.5) is 4.39 Å². The Morgan fingerprint density at radius 1 is 1.39 bits per heavy atom. The molecule has 0 unspecified atom stereocenters. The van der Waals surface area contributed by atoms with Crippen molar-refractivity contribution >= 4 is 16.9 Å². The molecule has 0 saturated heterocycles. The maximum absolute atomic E-state index is 13.6. The Hall–Kier alpha value is -2.80. The van der Waals surface area contributed by atoms with Gasteiger partial charge in [0.15, 0.2) is 0 Å². The number of pyridine rings is 1. The van der Waals surface area contributed by atoms with Crippen molar-refractivity contribution in [3.8, 4) is 5.69 Å². The van der Waals surface area contributed by atoms with E-state index in [2.05, 4.69) is 15.3 Å². The number of hydrogen-bond acceptors (Lipinski definition) is 4. The van der Waals surface area contributed by atoms with Gasteiger partial charge >= 0.3 is 0 Å². The smallest absolute Gasteiger partial charge is 0.253 e. The number of imidazole rings is 1. The standard InChI is InChI=1S/C16H16FN5O/c1-9(18)15-21-13-5-3-4-12(16(23)19-2)14(13)22(15)11-6-10(17)7-20-8-11/h3-9H,18H2,1-2H3,(H,19,23)/t9-/m0/s1.